The molecule has 0 aromatic carbocycles. The third-order valence-corrected chi connectivity index (χ3v) is 3.94. The number of rotatable bonds is 2. The largest absolute Gasteiger partial charge is 0.478 e. The van der Waals surface area contributed by atoms with Gasteiger partial charge in [-0.2, -0.15) is 0 Å². The van der Waals surface area contributed by atoms with E-state index in [4.69, 9.17) is 4.74 Å². The molecule has 3 rings (SSSR count). The summed E-state index contributed by atoms with van der Waals surface area (Å²) < 4.78 is 5.89. The fraction of sp³-hybridized carbons (Fsp3) is 0.500. The molecule has 5 nitrogen and oxygen atoms in total. The number of nitrogens with zero attached hydrogens (tertiary/aromatic N) is 2. The van der Waals surface area contributed by atoms with Crippen LogP contribution in [0.15, 0.2) is 36.2 Å². The van der Waals surface area contributed by atoms with Crippen LogP contribution in [0.4, 0.5) is 0 Å². The molecular weight excluding hydrogens is 244 g/mol. The highest BCUT2D eigenvalue weighted by Gasteiger charge is 2.40. The van der Waals surface area contributed by atoms with E-state index in [1.165, 1.54) is 0 Å². The van der Waals surface area contributed by atoms with E-state index in [0.29, 0.717) is 19.1 Å². The summed E-state index contributed by atoms with van der Waals surface area (Å²) in [7, 11) is 1.79. The number of fused-ring (bicyclic) bond motifs is 1. The number of hydrogen-bond donors (Lipinski definition) is 1. The normalized spacial score (nSPS) is 33.3. The van der Waals surface area contributed by atoms with Gasteiger partial charge in [0.15, 0.2) is 0 Å². The minimum absolute atomic E-state index is 0.0618. The van der Waals surface area contributed by atoms with Crippen LogP contribution in [0.3, 0.4) is 0 Å². The van der Waals surface area contributed by atoms with Gasteiger partial charge in [0.2, 0.25) is 6.17 Å². The Hall–Kier alpha value is -1.75. The summed E-state index contributed by atoms with van der Waals surface area (Å²) in [5, 5.41) is 9.34. The summed E-state index contributed by atoms with van der Waals surface area (Å²) in [4.78, 5) is 15.1. The molecule has 1 saturated heterocycles. The summed E-state index contributed by atoms with van der Waals surface area (Å²) in [6, 6.07) is 0. The third kappa shape index (κ3) is 2.14. The molecule has 3 unspecified atom stereocenters. The SMILES string of the molecule is CN1C=C2COC(C3C=CC=CC3)CN2C1C(=O)O. The Morgan fingerprint density at radius 3 is 3.00 bits per heavy atom. The van der Waals surface area contributed by atoms with Crippen molar-refractivity contribution in [3.05, 3.63) is 36.2 Å². The molecule has 3 atom stereocenters. The summed E-state index contributed by atoms with van der Waals surface area (Å²) >= 11 is 0. The van der Waals surface area contributed by atoms with Gasteiger partial charge in [0, 0.05) is 25.7 Å². The average Bonchev–Trinajstić information content (AvgIpc) is 2.74. The Morgan fingerprint density at radius 1 is 1.47 bits per heavy atom. The van der Waals surface area contributed by atoms with Gasteiger partial charge < -0.3 is 19.6 Å². The van der Waals surface area contributed by atoms with Gasteiger partial charge in [-0.15, -0.1) is 0 Å². The standard InChI is InChI=1S/C14H18N2O3/c1-15-7-11-9-19-12(10-5-3-2-4-6-10)8-16(11)13(15)14(17)18/h2-5,7,10,12-13H,6,8-9H2,1H3,(H,17,18). The van der Waals surface area contributed by atoms with Crippen molar-refractivity contribution in [2.24, 2.45) is 5.92 Å². The van der Waals surface area contributed by atoms with Crippen LogP contribution >= 0.6 is 0 Å². The van der Waals surface area contributed by atoms with Crippen molar-refractivity contribution in [1.82, 2.24) is 9.80 Å². The van der Waals surface area contributed by atoms with Crippen LogP contribution in [0.5, 0.6) is 0 Å². The molecule has 102 valence electrons. The van der Waals surface area contributed by atoms with Crippen molar-refractivity contribution in [1.29, 1.82) is 0 Å². The molecule has 0 amide bonds. The van der Waals surface area contributed by atoms with Gasteiger partial charge in [-0.25, -0.2) is 4.79 Å². The maximum atomic E-state index is 11.4. The van der Waals surface area contributed by atoms with E-state index in [2.05, 4.69) is 12.2 Å². The summed E-state index contributed by atoms with van der Waals surface area (Å²) in [5.41, 5.74) is 0.960. The number of ether oxygens (including phenoxy) is 1. The van der Waals surface area contributed by atoms with E-state index in [1.54, 1.807) is 11.9 Å². The lowest BCUT2D eigenvalue weighted by Gasteiger charge is -2.39. The van der Waals surface area contributed by atoms with E-state index >= 15 is 0 Å². The van der Waals surface area contributed by atoms with Crippen LogP contribution < -0.4 is 0 Å². The van der Waals surface area contributed by atoms with Gasteiger partial charge in [-0.3, -0.25) is 0 Å². The predicted molar refractivity (Wildman–Crippen MR) is 70.1 cm³/mol. The van der Waals surface area contributed by atoms with Crippen molar-refractivity contribution in [2.45, 2.75) is 18.7 Å². The van der Waals surface area contributed by atoms with Crippen LogP contribution in [0.25, 0.3) is 0 Å². The summed E-state index contributed by atoms with van der Waals surface area (Å²) in [6.07, 6.45) is 10.6. The van der Waals surface area contributed by atoms with Crippen molar-refractivity contribution >= 4 is 5.97 Å². The van der Waals surface area contributed by atoms with Gasteiger partial charge in [0.1, 0.15) is 0 Å². The minimum atomic E-state index is -0.812. The Morgan fingerprint density at radius 2 is 2.32 bits per heavy atom. The molecule has 0 aromatic rings. The maximum absolute atomic E-state index is 11.4. The van der Waals surface area contributed by atoms with Crippen LogP contribution in [-0.2, 0) is 9.53 Å². The molecular formula is C14H18N2O3. The fourth-order valence-corrected chi connectivity index (χ4v) is 2.97. The Bertz CT molecular complexity index is 469. The first-order chi connectivity index (χ1) is 9.16. The second kappa shape index (κ2) is 4.74. The van der Waals surface area contributed by atoms with Crippen molar-refractivity contribution in [3.63, 3.8) is 0 Å². The van der Waals surface area contributed by atoms with Gasteiger partial charge in [-0.05, 0) is 6.42 Å². The molecule has 0 aromatic heterocycles. The van der Waals surface area contributed by atoms with Crippen LogP contribution in [0.1, 0.15) is 6.42 Å². The number of carboxylic acid groups (broad SMARTS) is 1. The Kier molecular flexibility index (Phi) is 3.06. The number of likely N-dealkylation sites (N-methyl/N-ethyl adjacent to an activating group) is 1. The monoisotopic (exact) mass is 262 g/mol. The van der Waals surface area contributed by atoms with E-state index in [0.717, 1.165) is 12.1 Å². The predicted octanol–water partition coefficient (Wildman–Crippen LogP) is 1.02. The van der Waals surface area contributed by atoms with Gasteiger partial charge in [0.05, 0.1) is 18.4 Å². The fourth-order valence-electron chi connectivity index (χ4n) is 2.97. The molecule has 5 heteroatoms. The lowest BCUT2D eigenvalue weighted by Crippen LogP contribution is -2.51. The van der Waals surface area contributed by atoms with Crippen LogP contribution in [0, 0.1) is 5.92 Å². The third-order valence-electron chi connectivity index (χ3n) is 3.94. The van der Waals surface area contributed by atoms with E-state index in [9.17, 15) is 9.90 Å². The molecule has 1 aliphatic carbocycles. The molecule has 0 spiro atoms. The summed E-state index contributed by atoms with van der Waals surface area (Å²) in [5.74, 6) is -0.472. The molecule has 3 aliphatic rings. The van der Waals surface area contributed by atoms with E-state index in [-0.39, 0.29) is 6.10 Å². The zero-order valence-corrected chi connectivity index (χ0v) is 10.9. The molecule has 0 bridgehead atoms. The highest BCUT2D eigenvalue weighted by Crippen LogP contribution is 2.30. The van der Waals surface area contributed by atoms with Crippen LogP contribution in [-0.4, -0.2) is 53.3 Å². The lowest BCUT2D eigenvalue weighted by molar-refractivity contribution is -0.148. The molecule has 19 heavy (non-hydrogen) atoms. The molecule has 1 N–H and O–H groups in total. The van der Waals surface area contributed by atoms with Crippen molar-refractivity contribution in [3.8, 4) is 0 Å². The number of aliphatic carboxylic acids is 1. The second-order valence-electron chi connectivity index (χ2n) is 5.21. The first-order valence-electron chi connectivity index (χ1n) is 6.54. The number of carboxylic acids is 1. The van der Waals surface area contributed by atoms with Gasteiger partial charge >= 0.3 is 5.97 Å². The molecule has 0 radical (unpaired) electrons. The van der Waals surface area contributed by atoms with Crippen LogP contribution in [0.2, 0.25) is 0 Å². The van der Waals surface area contributed by atoms with Gasteiger partial charge in [0.25, 0.3) is 0 Å². The highest BCUT2D eigenvalue weighted by molar-refractivity contribution is 5.74. The minimum Gasteiger partial charge on any atom is -0.478 e. The van der Waals surface area contributed by atoms with Crippen molar-refractivity contribution in [2.75, 3.05) is 20.2 Å². The topological polar surface area (TPSA) is 53.0 Å². The Balaban J connectivity index is 1.74. The zero-order valence-electron chi connectivity index (χ0n) is 10.9. The van der Waals surface area contributed by atoms with Gasteiger partial charge in [-0.1, -0.05) is 24.3 Å². The second-order valence-corrected chi connectivity index (χ2v) is 5.21. The molecule has 1 fully saturated rings. The van der Waals surface area contributed by atoms with Crippen molar-refractivity contribution < 1.29 is 14.6 Å². The summed E-state index contributed by atoms with van der Waals surface area (Å²) in [6.45, 7) is 1.13. The maximum Gasteiger partial charge on any atom is 0.347 e. The smallest absolute Gasteiger partial charge is 0.347 e. The number of morpholine rings is 1. The number of hydrogen-bond acceptors (Lipinski definition) is 4. The quantitative estimate of drug-likeness (QED) is 0.805. The highest BCUT2D eigenvalue weighted by atomic mass is 16.5. The van der Waals surface area contributed by atoms with E-state index in [1.807, 2.05) is 23.3 Å². The average molecular weight is 262 g/mol. The first-order valence-corrected chi connectivity index (χ1v) is 6.54. The zero-order chi connectivity index (χ0) is 13.4. The lowest BCUT2D eigenvalue weighted by atomic mass is 9.93. The van der Waals surface area contributed by atoms with E-state index < -0.39 is 12.1 Å². The number of carbonyl (C=O) groups is 1. The number of allylic oxidation sites excluding steroid dienone is 3. The molecule has 2 heterocycles. The Labute approximate surface area is 112 Å². The molecule has 2 aliphatic heterocycles. The first kappa shape index (κ1) is 12.3. The molecule has 0 saturated carbocycles.